The first-order valence-corrected chi connectivity index (χ1v) is 8.75. The average Bonchev–Trinajstić information content (AvgIpc) is 3.02. The molecule has 6 nitrogen and oxygen atoms in total. The summed E-state index contributed by atoms with van der Waals surface area (Å²) in [6.45, 7) is 0.103. The molecular formula is C22H17N3O3. The zero-order valence-corrected chi connectivity index (χ0v) is 14.9. The number of fused-ring (bicyclic) bond motifs is 3. The van der Waals surface area contributed by atoms with Crippen molar-refractivity contribution in [3.63, 3.8) is 0 Å². The van der Waals surface area contributed by atoms with E-state index < -0.39 is 5.97 Å². The van der Waals surface area contributed by atoms with E-state index >= 15 is 0 Å². The Morgan fingerprint density at radius 3 is 2.11 bits per heavy atom. The number of rotatable bonds is 5. The Morgan fingerprint density at radius 2 is 1.46 bits per heavy atom. The van der Waals surface area contributed by atoms with E-state index in [-0.39, 0.29) is 18.0 Å². The monoisotopic (exact) mass is 371 g/mol. The van der Waals surface area contributed by atoms with Gasteiger partial charge in [0.2, 0.25) is 0 Å². The van der Waals surface area contributed by atoms with Crippen LogP contribution in [0.4, 0.5) is 0 Å². The number of para-hydroxylation sites is 2. The quantitative estimate of drug-likeness (QED) is 0.415. The number of benzene rings is 3. The molecule has 4 rings (SSSR count). The normalized spacial score (nSPS) is 11.3. The van der Waals surface area contributed by atoms with Gasteiger partial charge in [-0.25, -0.2) is 10.2 Å². The minimum absolute atomic E-state index is 0.103. The number of aromatic carboxylic acids is 1. The molecule has 138 valence electrons. The van der Waals surface area contributed by atoms with Crippen molar-refractivity contribution in [1.29, 1.82) is 0 Å². The molecule has 0 aliphatic heterocycles. The van der Waals surface area contributed by atoms with Crippen molar-refractivity contribution in [2.75, 3.05) is 0 Å². The van der Waals surface area contributed by atoms with E-state index in [0.717, 1.165) is 21.8 Å². The van der Waals surface area contributed by atoms with Gasteiger partial charge in [-0.2, -0.15) is 5.10 Å². The van der Waals surface area contributed by atoms with Crippen molar-refractivity contribution in [1.82, 2.24) is 9.99 Å². The van der Waals surface area contributed by atoms with Crippen LogP contribution in [0.2, 0.25) is 0 Å². The number of hydrazone groups is 1. The minimum Gasteiger partial charge on any atom is -0.478 e. The molecule has 0 bridgehead atoms. The van der Waals surface area contributed by atoms with Gasteiger partial charge in [0.25, 0.3) is 5.91 Å². The van der Waals surface area contributed by atoms with Crippen molar-refractivity contribution >= 4 is 39.9 Å². The number of nitrogens with one attached hydrogen (secondary N) is 1. The van der Waals surface area contributed by atoms with Gasteiger partial charge in [0.1, 0.15) is 6.54 Å². The molecule has 1 aromatic heterocycles. The zero-order chi connectivity index (χ0) is 19.5. The predicted octanol–water partition coefficient (Wildman–Crippen LogP) is 3.64. The number of carboxylic acids is 1. The number of aromatic nitrogens is 1. The molecule has 1 heterocycles. The molecular weight excluding hydrogens is 354 g/mol. The highest BCUT2D eigenvalue weighted by molar-refractivity contribution is 6.08. The van der Waals surface area contributed by atoms with Crippen molar-refractivity contribution in [3.8, 4) is 0 Å². The van der Waals surface area contributed by atoms with Gasteiger partial charge in [-0.05, 0) is 18.2 Å². The van der Waals surface area contributed by atoms with Crippen molar-refractivity contribution in [2.45, 2.75) is 6.54 Å². The largest absolute Gasteiger partial charge is 0.478 e. The van der Waals surface area contributed by atoms with E-state index in [1.165, 1.54) is 12.3 Å². The minimum atomic E-state index is -1.04. The second-order valence-electron chi connectivity index (χ2n) is 6.31. The number of carbonyl (C=O) groups excluding carboxylic acids is 1. The van der Waals surface area contributed by atoms with Gasteiger partial charge in [-0.15, -0.1) is 0 Å². The van der Waals surface area contributed by atoms with Crippen LogP contribution in [0.15, 0.2) is 77.9 Å². The molecule has 0 fully saturated rings. The first-order chi connectivity index (χ1) is 13.6. The number of carboxylic acid groups (broad SMARTS) is 1. The summed E-state index contributed by atoms with van der Waals surface area (Å²) in [5, 5.41) is 15.3. The maximum atomic E-state index is 12.4. The number of nitrogens with zero attached hydrogens (tertiary/aromatic N) is 2. The van der Waals surface area contributed by atoms with Crippen LogP contribution in [0.3, 0.4) is 0 Å². The van der Waals surface area contributed by atoms with Crippen molar-refractivity contribution in [3.05, 3.63) is 83.9 Å². The van der Waals surface area contributed by atoms with E-state index in [4.69, 9.17) is 0 Å². The van der Waals surface area contributed by atoms with E-state index in [0.29, 0.717) is 5.56 Å². The summed E-state index contributed by atoms with van der Waals surface area (Å²) in [6, 6.07) is 22.3. The molecule has 0 unspecified atom stereocenters. The Balaban J connectivity index is 1.57. The highest BCUT2D eigenvalue weighted by Gasteiger charge is 2.12. The maximum absolute atomic E-state index is 12.4. The van der Waals surface area contributed by atoms with E-state index in [1.807, 2.05) is 53.1 Å². The first kappa shape index (κ1) is 17.5. The van der Waals surface area contributed by atoms with Gasteiger partial charge in [0, 0.05) is 27.4 Å². The third-order valence-electron chi connectivity index (χ3n) is 4.57. The molecule has 1 amide bonds. The summed E-state index contributed by atoms with van der Waals surface area (Å²) in [4.78, 5) is 23.7. The van der Waals surface area contributed by atoms with Gasteiger partial charge >= 0.3 is 5.97 Å². The molecule has 0 aliphatic rings. The fraction of sp³-hybridized carbons (Fsp3) is 0.0455. The van der Waals surface area contributed by atoms with Crippen LogP contribution in [0.25, 0.3) is 21.8 Å². The number of amides is 1. The van der Waals surface area contributed by atoms with Gasteiger partial charge < -0.3 is 9.67 Å². The highest BCUT2D eigenvalue weighted by Crippen LogP contribution is 2.28. The van der Waals surface area contributed by atoms with Crippen LogP contribution in [-0.4, -0.2) is 27.8 Å². The summed E-state index contributed by atoms with van der Waals surface area (Å²) in [5.41, 5.74) is 4.98. The third kappa shape index (κ3) is 3.23. The first-order valence-electron chi connectivity index (χ1n) is 8.75. The standard InChI is InChI=1S/C22H17N3O3/c26-21(24-23-13-15-7-1-2-8-16(15)22(27)28)14-25-19-11-5-3-9-17(19)18-10-4-6-12-20(18)25/h1-13H,14H2,(H,24,26)(H,27,28). The number of hydrogen-bond acceptors (Lipinski definition) is 3. The van der Waals surface area contributed by atoms with E-state index in [1.54, 1.807) is 18.2 Å². The van der Waals surface area contributed by atoms with Crippen LogP contribution >= 0.6 is 0 Å². The fourth-order valence-corrected chi connectivity index (χ4v) is 3.33. The lowest BCUT2D eigenvalue weighted by Gasteiger charge is -2.06. The van der Waals surface area contributed by atoms with Crippen LogP contribution in [0.1, 0.15) is 15.9 Å². The van der Waals surface area contributed by atoms with Crippen molar-refractivity contribution < 1.29 is 14.7 Å². The molecule has 2 N–H and O–H groups in total. The van der Waals surface area contributed by atoms with E-state index in [2.05, 4.69) is 10.5 Å². The summed E-state index contributed by atoms with van der Waals surface area (Å²) < 4.78 is 1.95. The average molecular weight is 371 g/mol. The molecule has 4 aromatic rings. The van der Waals surface area contributed by atoms with Gasteiger partial charge in [-0.3, -0.25) is 4.79 Å². The van der Waals surface area contributed by atoms with Gasteiger partial charge in [0.15, 0.2) is 0 Å². The Labute approximate surface area is 160 Å². The Morgan fingerprint density at radius 1 is 0.893 bits per heavy atom. The maximum Gasteiger partial charge on any atom is 0.336 e. The van der Waals surface area contributed by atoms with Crippen molar-refractivity contribution in [2.24, 2.45) is 5.10 Å². The number of hydrogen-bond donors (Lipinski definition) is 2. The molecule has 0 aliphatic carbocycles. The molecule has 0 saturated heterocycles. The lowest BCUT2D eigenvalue weighted by Crippen LogP contribution is -2.23. The Kier molecular flexibility index (Phi) is 4.60. The van der Waals surface area contributed by atoms with Gasteiger partial charge in [-0.1, -0.05) is 54.6 Å². The van der Waals surface area contributed by atoms with Gasteiger partial charge in [0.05, 0.1) is 11.8 Å². The SMILES string of the molecule is O=C(Cn1c2ccccc2c2ccccc21)NN=Cc1ccccc1C(=O)O. The Hall–Kier alpha value is -3.93. The molecule has 0 atom stereocenters. The van der Waals surface area contributed by atoms with Crippen LogP contribution in [-0.2, 0) is 11.3 Å². The third-order valence-corrected chi connectivity index (χ3v) is 4.57. The molecule has 3 aromatic carbocycles. The predicted molar refractivity (Wildman–Crippen MR) is 109 cm³/mol. The highest BCUT2D eigenvalue weighted by atomic mass is 16.4. The lowest BCUT2D eigenvalue weighted by atomic mass is 10.1. The molecule has 0 saturated carbocycles. The topological polar surface area (TPSA) is 83.7 Å². The van der Waals surface area contributed by atoms with E-state index in [9.17, 15) is 14.7 Å². The number of carbonyl (C=O) groups is 2. The summed E-state index contributed by atoms with van der Waals surface area (Å²) in [5.74, 6) is -1.34. The van der Waals surface area contributed by atoms with Crippen LogP contribution in [0.5, 0.6) is 0 Å². The fourth-order valence-electron chi connectivity index (χ4n) is 3.33. The molecule has 0 spiro atoms. The summed E-state index contributed by atoms with van der Waals surface area (Å²) >= 11 is 0. The summed E-state index contributed by atoms with van der Waals surface area (Å²) in [6.07, 6.45) is 1.34. The lowest BCUT2D eigenvalue weighted by molar-refractivity contribution is -0.121. The second-order valence-corrected chi connectivity index (χ2v) is 6.31. The zero-order valence-electron chi connectivity index (χ0n) is 14.9. The molecule has 0 radical (unpaired) electrons. The van der Waals surface area contributed by atoms with Crippen LogP contribution < -0.4 is 5.43 Å². The second kappa shape index (κ2) is 7.36. The smallest absolute Gasteiger partial charge is 0.336 e. The molecule has 28 heavy (non-hydrogen) atoms. The Bertz CT molecular complexity index is 1170. The molecule has 6 heteroatoms. The van der Waals surface area contributed by atoms with Crippen LogP contribution in [0, 0.1) is 0 Å². The summed E-state index contributed by atoms with van der Waals surface area (Å²) in [7, 11) is 0.